The molecule has 0 aliphatic carbocycles. The average molecular weight is 418 g/mol. The third-order valence-corrected chi connectivity index (χ3v) is 5.87. The van der Waals surface area contributed by atoms with E-state index in [1.165, 1.54) is 6.07 Å². The lowest BCUT2D eigenvalue weighted by molar-refractivity contribution is -0.137. The number of likely N-dealkylation sites (tertiary alicyclic amines) is 1. The maximum absolute atomic E-state index is 13.4. The lowest BCUT2D eigenvalue weighted by atomic mass is 9.98. The number of nitrogens with zero attached hydrogens (tertiary/aromatic N) is 4. The van der Waals surface area contributed by atoms with E-state index >= 15 is 0 Å². The van der Waals surface area contributed by atoms with Crippen molar-refractivity contribution in [1.29, 1.82) is 0 Å². The van der Waals surface area contributed by atoms with Gasteiger partial charge in [-0.2, -0.15) is 4.98 Å². The van der Waals surface area contributed by atoms with Crippen molar-refractivity contribution in [3.63, 3.8) is 0 Å². The number of ether oxygens (including phenoxy) is 1. The molecular weight excluding hydrogens is 391 g/mol. The molecule has 2 saturated heterocycles. The lowest BCUT2D eigenvalue weighted by Crippen LogP contribution is -2.44. The standard InChI is InChI=1S/C21H27FN4O4/c1-25(21(28)14-6-9-29-10-7-14)8-5-18-23-20(30-24-18)16-12-26(13-16)11-15-3-2-4-17(22)19(15)27/h2-4,14,16,27H,5-13H2,1H3. The van der Waals surface area contributed by atoms with Crippen LogP contribution in [0.2, 0.25) is 0 Å². The van der Waals surface area contributed by atoms with Crippen molar-refractivity contribution in [2.75, 3.05) is 39.9 Å². The predicted octanol–water partition coefficient (Wildman–Crippen LogP) is 1.94. The molecule has 0 atom stereocenters. The quantitative estimate of drug-likeness (QED) is 0.735. The number of likely N-dealkylation sites (N-methyl/N-ethyl adjacent to an activating group) is 1. The van der Waals surface area contributed by atoms with Gasteiger partial charge in [0.15, 0.2) is 17.4 Å². The fourth-order valence-corrected chi connectivity index (χ4v) is 3.95. The first-order valence-corrected chi connectivity index (χ1v) is 10.3. The average Bonchev–Trinajstić information content (AvgIpc) is 3.20. The van der Waals surface area contributed by atoms with Crippen LogP contribution in [-0.4, -0.2) is 70.8 Å². The summed E-state index contributed by atoms with van der Waals surface area (Å²) in [6.07, 6.45) is 2.10. The van der Waals surface area contributed by atoms with Crippen molar-refractivity contribution in [2.24, 2.45) is 5.92 Å². The molecule has 2 aliphatic heterocycles. The number of carbonyl (C=O) groups excluding carboxylic acids is 1. The molecule has 0 saturated carbocycles. The smallest absolute Gasteiger partial charge is 0.232 e. The third-order valence-electron chi connectivity index (χ3n) is 5.87. The zero-order chi connectivity index (χ0) is 21.1. The molecule has 8 nitrogen and oxygen atoms in total. The molecule has 0 bridgehead atoms. The Morgan fingerprint density at radius 1 is 1.33 bits per heavy atom. The first-order valence-electron chi connectivity index (χ1n) is 10.3. The number of benzene rings is 1. The van der Waals surface area contributed by atoms with E-state index in [1.54, 1.807) is 17.0 Å². The number of para-hydroxylation sites is 1. The first-order chi connectivity index (χ1) is 14.5. The molecule has 1 aromatic carbocycles. The van der Waals surface area contributed by atoms with Crippen LogP contribution in [0.5, 0.6) is 5.75 Å². The van der Waals surface area contributed by atoms with Crippen LogP contribution in [0.3, 0.4) is 0 Å². The lowest BCUT2D eigenvalue weighted by Gasteiger charge is -2.37. The predicted molar refractivity (Wildman–Crippen MR) is 105 cm³/mol. The van der Waals surface area contributed by atoms with Crippen molar-refractivity contribution in [3.8, 4) is 5.75 Å². The summed E-state index contributed by atoms with van der Waals surface area (Å²) >= 11 is 0. The zero-order valence-corrected chi connectivity index (χ0v) is 17.1. The van der Waals surface area contributed by atoms with E-state index in [9.17, 15) is 14.3 Å². The zero-order valence-electron chi connectivity index (χ0n) is 17.1. The largest absolute Gasteiger partial charge is 0.505 e. The van der Waals surface area contributed by atoms with E-state index in [-0.39, 0.29) is 23.5 Å². The molecular formula is C21H27FN4O4. The first kappa shape index (κ1) is 20.7. The number of aromatic nitrogens is 2. The minimum absolute atomic E-state index is 0.0445. The Labute approximate surface area is 174 Å². The normalized spacial score (nSPS) is 18.3. The summed E-state index contributed by atoms with van der Waals surface area (Å²) in [7, 11) is 1.81. The molecule has 0 spiro atoms. The van der Waals surface area contributed by atoms with Gasteiger partial charge < -0.3 is 19.3 Å². The molecule has 1 aromatic heterocycles. The summed E-state index contributed by atoms with van der Waals surface area (Å²) in [5.41, 5.74) is 0.567. The summed E-state index contributed by atoms with van der Waals surface area (Å²) in [5.74, 6) is 0.608. The van der Waals surface area contributed by atoms with E-state index in [0.717, 1.165) is 12.8 Å². The van der Waals surface area contributed by atoms with E-state index in [0.29, 0.717) is 63.1 Å². The fourth-order valence-electron chi connectivity index (χ4n) is 3.95. The highest BCUT2D eigenvalue weighted by Gasteiger charge is 2.33. The molecule has 2 aliphatic rings. The van der Waals surface area contributed by atoms with Gasteiger partial charge >= 0.3 is 0 Å². The van der Waals surface area contributed by atoms with Crippen LogP contribution in [0.1, 0.15) is 36.0 Å². The van der Waals surface area contributed by atoms with Gasteiger partial charge in [0, 0.05) is 64.3 Å². The number of carbonyl (C=O) groups is 1. The molecule has 9 heteroatoms. The Morgan fingerprint density at radius 2 is 2.10 bits per heavy atom. The summed E-state index contributed by atoms with van der Waals surface area (Å²) in [4.78, 5) is 20.8. The van der Waals surface area contributed by atoms with Crippen LogP contribution in [0.4, 0.5) is 4.39 Å². The van der Waals surface area contributed by atoms with Gasteiger partial charge in [0.05, 0.1) is 5.92 Å². The highest BCUT2D eigenvalue weighted by atomic mass is 19.1. The second kappa shape index (κ2) is 9.09. The van der Waals surface area contributed by atoms with Gasteiger partial charge in [0.2, 0.25) is 11.8 Å². The number of rotatable bonds is 7. The van der Waals surface area contributed by atoms with Crippen molar-refractivity contribution in [3.05, 3.63) is 41.3 Å². The van der Waals surface area contributed by atoms with Crippen LogP contribution in [0, 0.1) is 11.7 Å². The van der Waals surface area contributed by atoms with Crippen LogP contribution in [-0.2, 0) is 22.5 Å². The van der Waals surface area contributed by atoms with E-state index < -0.39 is 5.82 Å². The summed E-state index contributed by atoms with van der Waals surface area (Å²) in [6, 6.07) is 4.55. The Bertz CT molecular complexity index is 878. The second-order valence-corrected chi connectivity index (χ2v) is 8.08. The van der Waals surface area contributed by atoms with Crippen molar-refractivity contribution in [2.45, 2.75) is 31.7 Å². The monoisotopic (exact) mass is 418 g/mol. The minimum Gasteiger partial charge on any atom is -0.505 e. The van der Waals surface area contributed by atoms with Crippen LogP contribution >= 0.6 is 0 Å². The third kappa shape index (κ3) is 4.62. The van der Waals surface area contributed by atoms with Gasteiger partial charge in [0.1, 0.15) is 0 Å². The number of hydrogen-bond acceptors (Lipinski definition) is 7. The van der Waals surface area contributed by atoms with Gasteiger partial charge in [-0.3, -0.25) is 9.69 Å². The second-order valence-electron chi connectivity index (χ2n) is 8.08. The summed E-state index contributed by atoms with van der Waals surface area (Å²) < 4.78 is 24.2. The highest BCUT2D eigenvalue weighted by Crippen LogP contribution is 2.30. The maximum atomic E-state index is 13.4. The van der Waals surface area contributed by atoms with E-state index in [2.05, 4.69) is 15.0 Å². The van der Waals surface area contributed by atoms with Gasteiger partial charge in [0.25, 0.3) is 0 Å². The molecule has 4 rings (SSSR count). The van der Waals surface area contributed by atoms with Crippen LogP contribution < -0.4 is 0 Å². The Morgan fingerprint density at radius 3 is 2.87 bits per heavy atom. The van der Waals surface area contributed by atoms with E-state index in [1.807, 2.05) is 7.05 Å². The van der Waals surface area contributed by atoms with Crippen LogP contribution in [0.15, 0.2) is 22.7 Å². The van der Waals surface area contributed by atoms with Gasteiger partial charge in [-0.25, -0.2) is 4.39 Å². The number of phenolic OH excluding ortho intramolecular Hbond substituents is 1. The Hall–Kier alpha value is -2.52. The fraction of sp³-hybridized carbons (Fsp3) is 0.571. The van der Waals surface area contributed by atoms with Gasteiger partial charge in [-0.15, -0.1) is 0 Å². The molecule has 30 heavy (non-hydrogen) atoms. The number of hydrogen-bond donors (Lipinski definition) is 1. The Balaban J connectivity index is 1.23. The number of amides is 1. The molecule has 0 unspecified atom stereocenters. The van der Waals surface area contributed by atoms with Crippen molar-refractivity contribution >= 4 is 5.91 Å². The highest BCUT2D eigenvalue weighted by molar-refractivity contribution is 5.78. The minimum atomic E-state index is -0.605. The number of aromatic hydroxyl groups is 1. The van der Waals surface area contributed by atoms with Gasteiger partial charge in [-0.05, 0) is 18.9 Å². The van der Waals surface area contributed by atoms with E-state index in [4.69, 9.17) is 9.26 Å². The van der Waals surface area contributed by atoms with Crippen LogP contribution in [0.25, 0.3) is 0 Å². The molecule has 2 aromatic rings. The molecule has 1 amide bonds. The molecule has 3 heterocycles. The summed E-state index contributed by atoms with van der Waals surface area (Å²) in [5, 5.41) is 13.8. The SMILES string of the molecule is CN(CCc1noc(C2CN(Cc3cccc(F)c3O)C2)n1)C(=O)C1CCOCC1. The number of halogens is 1. The summed E-state index contributed by atoms with van der Waals surface area (Å²) in [6.45, 7) is 3.73. The topological polar surface area (TPSA) is 91.9 Å². The molecule has 2 fully saturated rings. The molecule has 0 radical (unpaired) electrons. The maximum Gasteiger partial charge on any atom is 0.232 e. The molecule has 1 N–H and O–H groups in total. The molecule has 162 valence electrons. The number of phenols is 1. The van der Waals surface area contributed by atoms with Crippen molar-refractivity contribution < 1.29 is 23.6 Å². The van der Waals surface area contributed by atoms with Gasteiger partial charge in [-0.1, -0.05) is 17.3 Å². The van der Waals surface area contributed by atoms with Crippen molar-refractivity contribution in [1.82, 2.24) is 19.9 Å². The Kier molecular flexibility index (Phi) is 6.29.